The van der Waals surface area contributed by atoms with E-state index in [4.69, 9.17) is 17.3 Å². The molecule has 2 fully saturated rings. The Hall–Kier alpha value is -3.23. The number of benzene rings is 2. The molecule has 4 amide bonds. The molecule has 3 aliphatic rings. The van der Waals surface area contributed by atoms with Gasteiger partial charge in [0.2, 0.25) is 23.6 Å². The molecule has 9 heteroatoms. The highest BCUT2D eigenvalue weighted by atomic mass is 35.5. The van der Waals surface area contributed by atoms with Gasteiger partial charge in [-0.3, -0.25) is 29.4 Å². The van der Waals surface area contributed by atoms with Crippen LogP contribution in [0.15, 0.2) is 42.5 Å². The number of rotatable bonds is 5. The van der Waals surface area contributed by atoms with Crippen molar-refractivity contribution in [2.45, 2.75) is 31.3 Å². The highest BCUT2D eigenvalue weighted by Gasteiger charge is 2.70. The third kappa shape index (κ3) is 3.16. The zero-order valence-corrected chi connectivity index (χ0v) is 18.7. The molecule has 0 unspecified atom stereocenters. The molecule has 0 saturated carbocycles. The number of nitrogens with two attached hydrogens (primary N) is 1. The number of fused-ring (bicyclic) bond motifs is 4. The highest BCUT2D eigenvalue weighted by Crippen LogP contribution is 2.54. The maximum atomic E-state index is 13.7. The first-order chi connectivity index (χ1) is 15.7. The molecule has 0 radical (unpaired) electrons. The zero-order chi connectivity index (χ0) is 23.5. The fourth-order valence-corrected chi connectivity index (χ4v) is 5.87. The van der Waals surface area contributed by atoms with Gasteiger partial charge in [0.1, 0.15) is 5.54 Å². The molecule has 3 heterocycles. The number of anilines is 1. The Kier molecular flexibility index (Phi) is 5.02. The van der Waals surface area contributed by atoms with Crippen molar-refractivity contribution in [3.8, 4) is 0 Å². The van der Waals surface area contributed by atoms with Gasteiger partial charge in [0.05, 0.1) is 22.5 Å². The fraction of sp³-hybridized carbons (Fsp3) is 0.333. The second kappa shape index (κ2) is 7.67. The van der Waals surface area contributed by atoms with E-state index in [1.54, 1.807) is 12.1 Å². The van der Waals surface area contributed by atoms with Gasteiger partial charge in [-0.1, -0.05) is 48.0 Å². The Balaban J connectivity index is 1.57. The van der Waals surface area contributed by atoms with E-state index in [9.17, 15) is 19.2 Å². The van der Waals surface area contributed by atoms with Gasteiger partial charge < -0.3 is 11.1 Å². The van der Waals surface area contributed by atoms with Crippen molar-refractivity contribution in [2.75, 3.05) is 11.9 Å². The highest BCUT2D eigenvalue weighted by molar-refractivity contribution is 6.35. The van der Waals surface area contributed by atoms with Crippen LogP contribution in [-0.2, 0) is 31.1 Å². The molecule has 33 heavy (non-hydrogen) atoms. The normalized spacial score (nSPS) is 27.8. The van der Waals surface area contributed by atoms with E-state index in [1.807, 2.05) is 37.3 Å². The summed E-state index contributed by atoms with van der Waals surface area (Å²) in [5.74, 6) is -3.77. The number of imide groups is 1. The summed E-state index contributed by atoms with van der Waals surface area (Å²) in [6.07, 6.45) is 0.322. The van der Waals surface area contributed by atoms with E-state index < -0.39 is 47.0 Å². The van der Waals surface area contributed by atoms with Crippen LogP contribution in [0.1, 0.15) is 23.1 Å². The van der Waals surface area contributed by atoms with Gasteiger partial charge in [0.25, 0.3) is 0 Å². The van der Waals surface area contributed by atoms with E-state index >= 15 is 0 Å². The van der Waals surface area contributed by atoms with Crippen molar-refractivity contribution < 1.29 is 19.2 Å². The molecule has 1 spiro atoms. The average Bonchev–Trinajstić information content (AvgIpc) is 3.33. The molecule has 0 bridgehead atoms. The Bertz CT molecular complexity index is 1200. The minimum atomic E-state index is -1.50. The van der Waals surface area contributed by atoms with Crippen LogP contribution >= 0.6 is 11.6 Å². The maximum absolute atomic E-state index is 13.7. The Labute approximate surface area is 195 Å². The molecule has 8 nitrogen and oxygen atoms in total. The van der Waals surface area contributed by atoms with E-state index in [1.165, 1.54) is 4.90 Å². The summed E-state index contributed by atoms with van der Waals surface area (Å²) in [6, 6.07) is 12.3. The van der Waals surface area contributed by atoms with Crippen LogP contribution in [0, 0.1) is 18.8 Å². The number of nitrogens with one attached hydrogen (secondary N) is 2. The topological polar surface area (TPSA) is 122 Å². The van der Waals surface area contributed by atoms with Crippen molar-refractivity contribution >= 4 is 40.9 Å². The van der Waals surface area contributed by atoms with Gasteiger partial charge in [-0.2, -0.15) is 0 Å². The van der Waals surface area contributed by atoms with Gasteiger partial charge in [-0.15, -0.1) is 0 Å². The van der Waals surface area contributed by atoms with Crippen LogP contribution in [0.4, 0.5) is 5.69 Å². The summed E-state index contributed by atoms with van der Waals surface area (Å²) in [5.41, 5.74) is 6.70. The summed E-state index contributed by atoms with van der Waals surface area (Å²) in [5, 5.41) is 6.32. The van der Waals surface area contributed by atoms with Crippen LogP contribution in [0.3, 0.4) is 0 Å². The summed E-state index contributed by atoms with van der Waals surface area (Å²) in [4.78, 5) is 53.6. The van der Waals surface area contributed by atoms with Gasteiger partial charge in [-0.05, 0) is 30.5 Å². The number of aryl methyl sites for hydroxylation is 1. The van der Waals surface area contributed by atoms with E-state index in [-0.39, 0.29) is 13.0 Å². The number of hydrogen-bond acceptors (Lipinski definition) is 5. The molecular formula is C24H23ClN4O4. The van der Waals surface area contributed by atoms with Crippen LogP contribution < -0.4 is 16.4 Å². The first kappa shape index (κ1) is 21.6. The lowest BCUT2D eigenvalue weighted by molar-refractivity contribution is -0.142. The van der Waals surface area contributed by atoms with Crippen molar-refractivity contribution in [2.24, 2.45) is 17.6 Å². The molecule has 2 aromatic carbocycles. The first-order valence-electron chi connectivity index (χ1n) is 10.8. The maximum Gasteiger partial charge on any atom is 0.250 e. The largest absolute Gasteiger partial charge is 0.370 e. The second-order valence-electron chi connectivity index (χ2n) is 8.92. The summed E-state index contributed by atoms with van der Waals surface area (Å²) < 4.78 is 0. The van der Waals surface area contributed by atoms with Gasteiger partial charge in [0, 0.05) is 24.6 Å². The number of nitrogens with zero attached hydrogens (tertiary/aromatic N) is 1. The van der Waals surface area contributed by atoms with Gasteiger partial charge >= 0.3 is 0 Å². The predicted molar refractivity (Wildman–Crippen MR) is 121 cm³/mol. The van der Waals surface area contributed by atoms with E-state index in [0.717, 1.165) is 11.1 Å². The minimum absolute atomic E-state index is 0.170. The Morgan fingerprint density at radius 1 is 1.15 bits per heavy atom. The Morgan fingerprint density at radius 3 is 2.58 bits per heavy atom. The van der Waals surface area contributed by atoms with Crippen molar-refractivity contribution in [3.63, 3.8) is 0 Å². The standard InChI is InChI=1S/C24H23ClN4O4/c1-12-9-14-20(15(25)10-12)27-23(33)24(14)19-18(16(28-24)11-17(26)30)21(31)29(22(19)32)8-7-13-5-3-2-4-6-13/h2-6,9-10,16,18-19,28H,7-8,11H2,1H3,(H2,26,30)(H,27,33)/t16-,18+,19+,24-/m0/s1. The molecule has 2 saturated heterocycles. The molecule has 2 aromatic rings. The molecular weight excluding hydrogens is 444 g/mol. The van der Waals surface area contributed by atoms with Crippen molar-refractivity contribution in [1.29, 1.82) is 0 Å². The SMILES string of the molecule is Cc1cc(Cl)c2c(c1)[C@@]1(N[C@@H](CC(N)=O)[C@H]3C(=O)N(CCc4ccccc4)C(=O)[C@@H]31)C(=O)N2. The number of hydrogen-bond donors (Lipinski definition) is 3. The Morgan fingerprint density at radius 2 is 1.88 bits per heavy atom. The third-order valence-corrected chi connectivity index (χ3v) is 7.20. The number of halogens is 1. The molecule has 4 atom stereocenters. The molecule has 3 aliphatic heterocycles. The summed E-state index contributed by atoms with van der Waals surface area (Å²) in [6.45, 7) is 2.03. The number of primary amides is 1. The third-order valence-electron chi connectivity index (χ3n) is 6.90. The zero-order valence-electron chi connectivity index (χ0n) is 17.9. The lowest BCUT2D eigenvalue weighted by atomic mass is 9.76. The second-order valence-corrected chi connectivity index (χ2v) is 9.33. The number of likely N-dealkylation sites (tertiary alicyclic amines) is 1. The average molecular weight is 467 g/mol. The van der Waals surface area contributed by atoms with Crippen LogP contribution in [-0.4, -0.2) is 41.1 Å². The molecule has 0 aliphatic carbocycles. The quantitative estimate of drug-likeness (QED) is 0.576. The molecule has 5 rings (SSSR count). The van der Waals surface area contributed by atoms with Crippen LogP contribution in [0.2, 0.25) is 5.02 Å². The van der Waals surface area contributed by atoms with E-state index in [2.05, 4.69) is 10.6 Å². The number of amides is 4. The number of carbonyl (C=O) groups excluding carboxylic acids is 4. The predicted octanol–water partition coefficient (Wildman–Crippen LogP) is 1.49. The van der Waals surface area contributed by atoms with Crippen molar-refractivity contribution in [1.82, 2.24) is 10.2 Å². The van der Waals surface area contributed by atoms with Crippen molar-refractivity contribution in [3.05, 3.63) is 64.2 Å². The monoisotopic (exact) mass is 466 g/mol. The first-order valence-corrected chi connectivity index (χ1v) is 11.2. The molecule has 170 valence electrons. The summed E-state index contributed by atoms with van der Waals surface area (Å²) in [7, 11) is 0. The molecule has 0 aromatic heterocycles. The summed E-state index contributed by atoms with van der Waals surface area (Å²) >= 11 is 6.40. The molecule has 4 N–H and O–H groups in total. The number of carbonyl (C=O) groups is 4. The fourth-order valence-electron chi connectivity index (χ4n) is 5.55. The van der Waals surface area contributed by atoms with E-state index in [0.29, 0.717) is 22.7 Å². The lowest BCUT2D eigenvalue weighted by Gasteiger charge is -2.29. The lowest BCUT2D eigenvalue weighted by Crippen LogP contribution is -2.53. The van der Waals surface area contributed by atoms with Gasteiger partial charge in [-0.25, -0.2) is 0 Å². The minimum Gasteiger partial charge on any atom is -0.370 e. The van der Waals surface area contributed by atoms with Crippen LogP contribution in [0.25, 0.3) is 0 Å². The van der Waals surface area contributed by atoms with Gasteiger partial charge in [0.15, 0.2) is 0 Å². The van der Waals surface area contributed by atoms with Crippen LogP contribution in [0.5, 0.6) is 0 Å². The smallest absolute Gasteiger partial charge is 0.250 e.